The molecule has 4 aromatic carbocycles. The summed E-state index contributed by atoms with van der Waals surface area (Å²) in [7, 11) is -3.90. The van der Waals surface area contributed by atoms with Crippen LogP contribution in [0, 0.1) is 11.6 Å². The molecule has 5 heteroatoms. The number of hydrogen-bond acceptors (Lipinski definition) is 2. The zero-order valence-corrected chi connectivity index (χ0v) is 16.0. The lowest BCUT2D eigenvalue weighted by Gasteiger charge is -2.14. The van der Waals surface area contributed by atoms with E-state index in [9.17, 15) is 17.2 Å². The quantitative estimate of drug-likeness (QED) is 0.408. The van der Waals surface area contributed by atoms with Gasteiger partial charge in [0.05, 0.1) is 9.79 Å². The summed E-state index contributed by atoms with van der Waals surface area (Å²) in [5.41, 5.74) is 2.18. The Labute approximate surface area is 168 Å². The third kappa shape index (κ3) is 3.69. The number of benzene rings is 4. The van der Waals surface area contributed by atoms with E-state index in [0.29, 0.717) is 22.3 Å². The molecule has 0 aliphatic rings. The van der Waals surface area contributed by atoms with Crippen molar-refractivity contribution in [3.63, 3.8) is 0 Å². The summed E-state index contributed by atoms with van der Waals surface area (Å²) in [4.78, 5) is 0.252. The van der Waals surface area contributed by atoms with Gasteiger partial charge in [0, 0.05) is 11.1 Å². The predicted molar refractivity (Wildman–Crippen MR) is 109 cm³/mol. The molecule has 0 saturated heterocycles. The van der Waals surface area contributed by atoms with Crippen LogP contribution in [-0.4, -0.2) is 8.42 Å². The molecule has 0 unspecified atom stereocenters. The van der Waals surface area contributed by atoms with Crippen LogP contribution in [0.2, 0.25) is 0 Å². The fourth-order valence-electron chi connectivity index (χ4n) is 3.26. The summed E-state index contributed by atoms with van der Waals surface area (Å²) in [6.45, 7) is 0. The molecule has 4 rings (SSSR count). The smallest absolute Gasteiger partial charge is 0.207 e. The highest BCUT2D eigenvalue weighted by Gasteiger charge is 2.25. The van der Waals surface area contributed by atoms with Crippen LogP contribution in [0.5, 0.6) is 0 Å². The predicted octanol–water partition coefficient (Wildman–Crippen LogP) is 6.13. The number of rotatable bonds is 4. The van der Waals surface area contributed by atoms with Crippen LogP contribution in [0.15, 0.2) is 107 Å². The Balaban J connectivity index is 1.90. The summed E-state index contributed by atoms with van der Waals surface area (Å²) in [5, 5.41) is 0. The van der Waals surface area contributed by atoms with E-state index in [4.69, 9.17) is 0 Å². The van der Waals surface area contributed by atoms with Gasteiger partial charge >= 0.3 is 0 Å². The van der Waals surface area contributed by atoms with E-state index in [1.807, 2.05) is 0 Å². The SMILES string of the molecule is O=S(=O)(c1ccccc1-c1ccc(F)cc1)c1ccccc1-c1ccc(F)cc1. The van der Waals surface area contributed by atoms with E-state index in [2.05, 4.69) is 0 Å². The van der Waals surface area contributed by atoms with Crippen LogP contribution < -0.4 is 0 Å². The zero-order chi connectivity index (χ0) is 20.4. The number of halogens is 2. The van der Waals surface area contributed by atoms with Crippen molar-refractivity contribution in [1.82, 2.24) is 0 Å². The molecule has 4 aromatic rings. The van der Waals surface area contributed by atoms with Gasteiger partial charge in [-0.15, -0.1) is 0 Å². The molecule has 0 aliphatic carbocycles. The molecule has 0 atom stereocenters. The Kier molecular flexibility index (Phi) is 4.99. The summed E-state index contributed by atoms with van der Waals surface area (Å²) >= 11 is 0. The van der Waals surface area contributed by atoms with Crippen LogP contribution in [-0.2, 0) is 9.84 Å². The topological polar surface area (TPSA) is 34.1 Å². The molecule has 0 aromatic heterocycles. The van der Waals surface area contributed by atoms with Gasteiger partial charge in [-0.05, 0) is 47.5 Å². The van der Waals surface area contributed by atoms with Gasteiger partial charge in [-0.2, -0.15) is 0 Å². The van der Waals surface area contributed by atoms with Crippen molar-refractivity contribution in [2.45, 2.75) is 9.79 Å². The fourth-order valence-corrected chi connectivity index (χ4v) is 4.96. The fraction of sp³-hybridized carbons (Fsp3) is 0. The summed E-state index contributed by atoms with van der Waals surface area (Å²) < 4.78 is 53.9. The van der Waals surface area contributed by atoms with Crippen molar-refractivity contribution < 1.29 is 17.2 Å². The Bertz CT molecular complexity index is 1170. The van der Waals surface area contributed by atoms with E-state index in [1.54, 1.807) is 60.7 Å². The minimum atomic E-state index is -3.90. The van der Waals surface area contributed by atoms with Gasteiger partial charge in [-0.25, -0.2) is 17.2 Å². The van der Waals surface area contributed by atoms with E-state index in [-0.39, 0.29) is 9.79 Å². The van der Waals surface area contributed by atoms with E-state index < -0.39 is 21.5 Å². The minimum absolute atomic E-state index is 0.126. The van der Waals surface area contributed by atoms with Gasteiger partial charge < -0.3 is 0 Å². The second kappa shape index (κ2) is 7.60. The van der Waals surface area contributed by atoms with Crippen LogP contribution in [0.3, 0.4) is 0 Å². The van der Waals surface area contributed by atoms with E-state index in [1.165, 1.54) is 36.4 Å². The van der Waals surface area contributed by atoms with Crippen molar-refractivity contribution in [2.75, 3.05) is 0 Å². The van der Waals surface area contributed by atoms with E-state index in [0.717, 1.165) is 0 Å². The highest BCUT2D eigenvalue weighted by atomic mass is 32.2. The first kappa shape index (κ1) is 19.0. The maximum Gasteiger partial charge on any atom is 0.207 e. The minimum Gasteiger partial charge on any atom is -0.218 e. The lowest BCUT2D eigenvalue weighted by atomic mass is 10.1. The van der Waals surface area contributed by atoms with Crippen LogP contribution in [0.1, 0.15) is 0 Å². The largest absolute Gasteiger partial charge is 0.218 e. The van der Waals surface area contributed by atoms with Crippen molar-refractivity contribution in [3.05, 3.63) is 109 Å². The Hall–Kier alpha value is -3.31. The van der Waals surface area contributed by atoms with Gasteiger partial charge in [0.1, 0.15) is 11.6 Å². The maximum atomic E-state index is 13.6. The second-order valence-electron chi connectivity index (χ2n) is 6.51. The molecule has 0 radical (unpaired) electrons. The summed E-state index contributed by atoms with van der Waals surface area (Å²) in [6, 6.07) is 24.6. The first-order chi connectivity index (χ1) is 14.0. The van der Waals surface area contributed by atoms with Crippen LogP contribution in [0.25, 0.3) is 22.3 Å². The molecule has 0 heterocycles. The molecule has 144 valence electrons. The average Bonchev–Trinajstić information content (AvgIpc) is 2.75. The van der Waals surface area contributed by atoms with Crippen LogP contribution >= 0.6 is 0 Å². The molecule has 0 bridgehead atoms. The second-order valence-corrected chi connectivity index (χ2v) is 8.40. The average molecular weight is 406 g/mol. The van der Waals surface area contributed by atoms with Gasteiger partial charge in [-0.3, -0.25) is 0 Å². The molecule has 0 saturated carbocycles. The third-order valence-corrected chi connectivity index (χ3v) is 6.53. The van der Waals surface area contributed by atoms with Crippen molar-refractivity contribution in [3.8, 4) is 22.3 Å². The standard InChI is InChI=1S/C24H16F2O2S/c25-19-13-9-17(10-14-19)21-5-1-3-7-23(21)29(27,28)24-8-4-2-6-22(24)18-11-15-20(26)16-12-18/h1-16H. The molecule has 0 amide bonds. The normalized spacial score (nSPS) is 11.4. The van der Waals surface area contributed by atoms with Gasteiger partial charge in [0.15, 0.2) is 0 Å². The van der Waals surface area contributed by atoms with Crippen molar-refractivity contribution >= 4 is 9.84 Å². The van der Waals surface area contributed by atoms with Gasteiger partial charge in [-0.1, -0.05) is 60.7 Å². The number of hydrogen-bond donors (Lipinski definition) is 0. The first-order valence-corrected chi connectivity index (χ1v) is 10.4. The lowest BCUT2D eigenvalue weighted by Crippen LogP contribution is -2.06. The van der Waals surface area contributed by atoms with Crippen molar-refractivity contribution in [1.29, 1.82) is 0 Å². The highest BCUT2D eigenvalue weighted by Crippen LogP contribution is 2.36. The molecule has 0 N–H and O–H groups in total. The molecule has 0 aliphatic heterocycles. The summed E-state index contributed by atoms with van der Waals surface area (Å²) in [5.74, 6) is -0.786. The molecule has 2 nitrogen and oxygen atoms in total. The van der Waals surface area contributed by atoms with Crippen molar-refractivity contribution in [2.24, 2.45) is 0 Å². The third-order valence-electron chi connectivity index (χ3n) is 4.66. The Morgan fingerprint density at radius 3 is 1.21 bits per heavy atom. The van der Waals surface area contributed by atoms with Gasteiger partial charge in [0.2, 0.25) is 9.84 Å². The monoisotopic (exact) mass is 406 g/mol. The molecule has 0 fully saturated rings. The molecule has 0 spiro atoms. The number of sulfone groups is 1. The molecular formula is C24H16F2O2S. The Morgan fingerprint density at radius 2 is 0.828 bits per heavy atom. The molecule has 29 heavy (non-hydrogen) atoms. The zero-order valence-electron chi connectivity index (χ0n) is 15.2. The molecular weight excluding hydrogens is 390 g/mol. The lowest BCUT2D eigenvalue weighted by molar-refractivity contribution is 0.596. The first-order valence-electron chi connectivity index (χ1n) is 8.92. The van der Waals surface area contributed by atoms with Crippen LogP contribution in [0.4, 0.5) is 8.78 Å². The highest BCUT2D eigenvalue weighted by molar-refractivity contribution is 7.91. The van der Waals surface area contributed by atoms with Gasteiger partial charge in [0.25, 0.3) is 0 Å². The summed E-state index contributed by atoms with van der Waals surface area (Å²) in [6.07, 6.45) is 0. The van der Waals surface area contributed by atoms with E-state index >= 15 is 0 Å². The maximum absolute atomic E-state index is 13.6. The Morgan fingerprint density at radius 1 is 0.483 bits per heavy atom.